The molecule has 0 saturated carbocycles. The lowest BCUT2D eigenvalue weighted by Crippen LogP contribution is -2.27. The molecule has 0 radical (unpaired) electrons. The molecule has 1 aromatic heterocycles. The number of ketones is 2. The van der Waals surface area contributed by atoms with Crippen molar-refractivity contribution in [2.75, 3.05) is 0 Å². The maximum Gasteiger partial charge on any atom is 0.305 e. The number of Topliss-reactive ketones (excluding diaryl/α,β-unsaturated/α-hetero) is 2. The van der Waals surface area contributed by atoms with Crippen LogP contribution in [0.25, 0.3) is 0 Å². The number of nitrogens with one attached hydrogen (secondary N) is 1. The SMILES string of the molecule is O=C1C2=C(C(=O)c3ccccc31)[C@@H](c1ccc(Cl)cc1)c1sc(=O)[nH]c1S2. The first kappa shape index (κ1) is 16.7. The van der Waals surface area contributed by atoms with Gasteiger partial charge in [0.2, 0.25) is 5.78 Å². The summed E-state index contributed by atoms with van der Waals surface area (Å²) in [7, 11) is 0. The molecule has 1 aliphatic heterocycles. The molecule has 7 heteroatoms. The number of aromatic amines is 1. The predicted molar refractivity (Wildman–Crippen MR) is 106 cm³/mol. The van der Waals surface area contributed by atoms with Crippen molar-refractivity contribution in [2.24, 2.45) is 0 Å². The van der Waals surface area contributed by atoms with E-state index in [1.54, 1.807) is 36.4 Å². The fraction of sp³-hybridized carbons (Fsp3) is 0.0500. The number of thiazole rings is 1. The van der Waals surface area contributed by atoms with Gasteiger partial charge in [0.1, 0.15) is 0 Å². The van der Waals surface area contributed by atoms with E-state index in [0.717, 1.165) is 21.8 Å². The number of aromatic nitrogens is 1. The number of hydrogen-bond acceptors (Lipinski definition) is 5. The number of allylic oxidation sites excluding steroid dienone is 2. The Hall–Kier alpha value is -2.41. The van der Waals surface area contributed by atoms with Crippen LogP contribution in [-0.2, 0) is 0 Å². The molecule has 1 aliphatic carbocycles. The quantitative estimate of drug-likeness (QED) is 0.632. The lowest BCUT2D eigenvalue weighted by Gasteiger charge is -2.30. The van der Waals surface area contributed by atoms with Crippen molar-refractivity contribution < 1.29 is 9.59 Å². The van der Waals surface area contributed by atoms with E-state index in [0.29, 0.717) is 31.7 Å². The molecule has 2 heterocycles. The van der Waals surface area contributed by atoms with Crippen molar-refractivity contribution in [3.8, 4) is 0 Å². The van der Waals surface area contributed by atoms with Gasteiger partial charge in [0, 0.05) is 21.7 Å². The minimum Gasteiger partial charge on any atom is -0.307 e. The summed E-state index contributed by atoms with van der Waals surface area (Å²) in [6.07, 6.45) is 0. The van der Waals surface area contributed by atoms with Gasteiger partial charge in [0.25, 0.3) is 0 Å². The molecule has 1 atom stereocenters. The summed E-state index contributed by atoms with van der Waals surface area (Å²) in [4.78, 5) is 42.2. The number of hydrogen-bond donors (Lipinski definition) is 1. The maximum atomic E-state index is 13.3. The molecule has 4 nitrogen and oxygen atoms in total. The number of rotatable bonds is 1. The van der Waals surface area contributed by atoms with Crippen LogP contribution in [-0.4, -0.2) is 16.6 Å². The molecule has 0 unspecified atom stereocenters. The van der Waals surface area contributed by atoms with Crippen LogP contribution in [0.3, 0.4) is 0 Å². The molecule has 132 valence electrons. The first-order chi connectivity index (χ1) is 13.0. The minimum absolute atomic E-state index is 0.167. The highest BCUT2D eigenvalue weighted by Crippen LogP contribution is 2.51. The number of benzene rings is 2. The molecular formula is C20H10ClNO3S2. The average Bonchev–Trinajstić information content (AvgIpc) is 3.05. The van der Waals surface area contributed by atoms with E-state index in [-0.39, 0.29) is 16.4 Å². The third-order valence-electron chi connectivity index (χ3n) is 4.71. The Morgan fingerprint density at radius 2 is 1.56 bits per heavy atom. The molecule has 0 fully saturated rings. The fourth-order valence-corrected chi connectivity index (χ4v) is 5.93. The molecule has 2 aromatic carbocycles. The van der Waals surface area contributed by atoms with Gasteiger partial charge in [-0.05, 0) is 17.7 Å². The molecular weight excluding hydrogens is 402 g/mol. The van der Waals surface area contributed by atoms with Gasteiger partial charge in [-0.1, -0.05) is 71.1 Å². The summed E-state index contributed by atoms with van der Waals surface area (Å²) in [5.74, 6) is -0.816. The third-order valence-corrected chi connectivity index (χ3v) is 7.18. The molecule has 0 amide bonds. The lowest BCUT2D eigenvalue weighted by molar-refractivity contribution is 0.0977. The Labute approximate surface area is 166 Å². The Balaban J connectivity index is 1.79. The lowest BCUT2D eigenvalue weighted by atomic mass is 9.79. The van der Waals surface area contributed by atoms with Crippen LogP contribution in [0, 0.1) is 0 Å². The summed E-state index contributed by atoms with van der Waals surface area (Å²) >= 11 is 8.27. The largest absolute Gasteiger partial charge is 0.307 e. The monoisotopic (exact) mass is 411 g/mol. The fourth-order valence-electron chi connectivity index (χ4n) is 3.53. The molecule has 5 rings (SSSR count). The van der Waals surface area contributed by atoms with Crippen molar-refractivity contribution in [2.45, 2.75) is 10.9 Å². The summed E-state index contributed by atoms with van der Waals surface area (Å²) in [5.41, 5.74) is 2.08. The normalized spacial score (nSPS) is 18.2. The molecule has 3 aromatic rings. The van der Waals surface area contributed by atoms with Crippen LogP contribution in [0.4, 0.5) is 0 Å². The predicted octanol–water partition coefficient (Wildman–Crippen LogP) is 4.66. The van der Waals surface area contributed by atoms with Crippen LogP contribution in [0.5, 0.6) is 0 Å². The van der Waals surface area contributed by atoms with Crippen LogP contribution >= 0.6 is 34.7 Å². The van der Waals surface area contributed by atoms with E-state index < -0.39 is 5.92 Å². The second-order valence-electron chi connectivity index (χ2n) is 6.24. The zero-order valence-electron chi connectivity index (χ0n) is 13.6. The summed E-state index contributed by atoms with van der Waals surface area (Å²) in [6, 6.07) is 14.0. The van der Waals surface area contributed by atoms with E-state index >= 15 is 0 Å². The van der Waals surface area contributed by atoms with Gasteiger partial charge < -0.3 is 4.98 Å². The first-order valence-corrected chi connectivity index (χ1v) is 10.1. The summed E-state index contributed by atoms with van der Waals surface area (Å²) < 4.78 is 0. The van der Waals surface area contributed by atoms with E-state index in [2.05, 4.69) is 4.98 Å². The molecule has 0 saturated heterocycles. The molecule has 2 aliphatic rings. The van der Waals surface area contributed by atoms with Gasteiger partial charge in [0.15, 0.2) is 5.78 Å². The van der Waals surface area contributed by atoms with E-state index in [1.165, 1.54) is 11.8 Å². The van der Waals surface area contributed by atoms with Crippen molar-refractivity contribution in [3.63, 3.8) is 0 Å². The number of halogens is 1. The summed E-state index contributed by atoms with van der Waals surface area (Å²) in [5, 5.41) is 1.21. The number of carbonyl (C=O) groups excluding carboxylic acids is 2. The first-order valence-electron chi connectivity index (χ1n) is 8.13. The number of H-pyrrole nitrogens is 1. The van der Waals surface area contributed by atoms with Gasteiger partial charge in [0.05, 0.1) is 20.7 Å². The Morgan fingerprint density at radius 3 is 2.26 bits per heavy atom. The van der Waals surface area contributed by atoms with Gasteiger partial charge in [-0.2, -0.15) is 0 Å². The zero-order chi connectivity index (χ0) is 18.7. The van der Waals surface area contributed by atoms with Crippen LogP contribution < -0.4 is 4.87 Å². The maximum absolute atomic E-state index is 13.3. The van der Waals surface area contributed by atoms with Gasteiger partial charge in [-0.25, -0.2) is 0 Å². The van der Waals surface area contributed by atoms with Crippen molar-refractivity contribution >= 4 is 46.3 Å². The van der Waals surface area contributed by atoms with Crippen LogP contribution in [0.2, 0.25) is 5.02 Å². The highest BCUT2D eigenvalue weighted by molar-refractivity contribution is 8.04. The van der Waals surface area contributed by atoms with Crippen molar-refractivity contribution in [1.82, 2.24) is 4.98 Å². The smallest absolute Gasteiger partial charge is 0.305 e. The number of thioether (sulfide) groups is 1. The standard InChI is InChI=1S/C20H10ClNO3S2/c21-10-7-5-9(6-8-10)13-14-15(23)11-3-1-2-4-12(11)16(24)17(14)26-19-18(13)27-20(25)22-19/h1-8,13H,(H,22,25)/t13-/m1/s1. The highest BCUT2D eigenvalue weighted by Gasteiger charge is 2.42. The second-order valence-corrected chi connectivity index (χ2v) is 8.71. The van der Waals surface area contributed by atoms with E-state index in [4.69, 9.17) is 11.6 Å². The summed E-state index contributed by atoms with van der Waals surface area (Å²) in [6.45, 7) is 0. The van der Waals surface area contributed by atoms with Crippen molar-refractivity contribution in [1.29, 1.82) is 0 Å². The molecule has 1 N–H and O–H groups in total. The van der Waals surface area contributed by atoms with E-state index in [9.17, 15) is 14.4 Å². The number of carbonyl (C=O) groups is 2. The zero-order valence-corrected chi connectivity index (χ0v) is 16.0. The molecule has 0 bridgehead atoms. The third kappa shape index (κ3) is 2.48. The minimum atomic E-state index is -0.470. The van der Waals surface area contributed by atoms with Gasteiger partial charge in [-0.3, -0.25) is 14.4 Å². The average molecular weight is 412 g/mol. The topological polar surface area (TPSA) is 67.0 Å². The highest BCUT2D eigenvalue weighted by atomic mass is 35.5. The molecule has 27 heavy (non-hydrogen) atoms. The van der Waals surface area contributed by atoms with Gasteiger partial charge >= 0.3 is 4.87 Å². The van der Waals surface area contributed by atoms with Crippen molar-refractivity contribution in [3.05, 3.63) is 95.3 Å². The Bertz CT molecular complexity index is 1220. The van der Waals surface area contributed by atoms with Gasteiger partial charge in [-0.15, -0.1) is 0 Å². The van der Waals surface area contributed by atoms with E-state index in [1.807, 2.05) is 12.1 Å². The Morgan fingerprint density at radius 1 is 0.889 bits per heavy atom. The Kier molecular flexibility index (Phi) is 3.75. The number of fused-ring (bicyclic) bond motifs is 2. The van der Waals surface area contributed by atoms with Crippen LogP contribution in [0.1, 0.15) is 37.1 Å². The molecule has 0 spiro atoms. The van der Waals surface area contributed by atoms with Crippen LogP contribution in [0.15, 0.2) is 68.8 Å². The second kappa shape index (κ2) is 6.05.